The number of rotatable bonds is 3. The molecule has 1 saturated carbocycles. The van der Waals surface area contributed by atoms with Gasteiger partial charge in [0.05, 0.1) is 0 Å². The minimum Gasteiger partial charge on any atom is -0.316 e. The molecule has 0 bridgehead atoms. The molecule has 1 N–H and O–H groups in total. The Kier molecular flexibility index (Phi) is 4.69. The molecular formula is C15H29N. The van der Waals surface area contributed by atoms with Gasteiger partial charge in [-0.15, -0.1) is 0 Å². The maximum Gasteiger partial charge on any atom is -0.00176 e. The Bertz CT molecular complexity index is 194. The van der Waals surface area contributed by atoms with Crippen LogP contribution in [-0.4, -0.2) is 13.1 Å². The Morgan fingerprint density at radius 2 is 1.75 bits per heavy atom. The van der Waals surface area contributed by atoms with Crippen molar-refractivity contribution in [2.24, 2.45) is 23.7 Å². The lowest BCUT2D eigenvalue weighted by Crippen LogP contribution is -2.39. The van der Waals surface area contributed by atoms with Crippen LogP contribution in [-0.2, 0) is 0 Å². The lowest BCUT2D eigenvalue weighted by Gasteiger charge is -2.38. The van der Waals surface area contributed by atoms with E-state index in [9.17, 15) is 0 Å². The van der Waals surface area contributed by atoms with E-state index >= 15 is 0 Å². The second-order valence-electron chi connectivity index (χ2n) is 6.33. The van der Waals surface area contributed by atoms with Crippen LogP contribution in [0.15, 0.2) is 0 Å². The topological polar surface area (TPSA) is 12.0 Å². The summed E-state index contributed by atoms with van der Waals surface area (Å²) in [6, 6.07) is 0. The van der Waals surface area contributed by atoms with Crippen molar-refractivity contribution in [3.8, 4) is 0 Å². The van der Waals surface area contributed by atoms with Crippen LogP contribution in [0, 0.1) is 23.7 Å². The second-order valence-corrected chi connectivity index (χ2v) is 6.33. The summed E-state index contributed by atoms with van der Waals surface area (Å²) < 4.78 is 0. The first-order chi connectivity index (χ1) is 7.79. The molecule has 0 radical (unpaired) electrons. The number of nitrogens with one attached hydrogen (secondary N) is 1. The highest BCUT2D eigenvalue weighted by atomic mass is 14.9. The van der Waals surface area contributed by atoms with Gasteiger partial charge in [0, 0.05) is 0 Å². The van der Waals surface area contributed by atoms with E-state index in [0.29, 0.717) is 0 Å². The zero-order chi connectivity index (χ0) is 11.4. The number of hydrogen-bond acceptors (Lipinski definition) is 1. The third-order valence-electron chi connectivity index (χ3n) is 4.86. The highest BCUT2D eigenvalue weighted by Gasteiger charge is 2.29. The molecule has 1 nitrogen and oxygen atoms in total. The minimum absolute atomic E-state index is 0.909. The molecule has 0 spiro atoms. The van der Waals surface area contributed by atoms with E-state index in [1.54, 1.807) is 0 Å². The van der Waals surface area contributed by atoms with Gasteiger partial charge in [0.2, 0.25) is 0 Å². The zero-order valence-corrected chi connectivity index (χ0v) is 11.2. The Balaban J connectivity index is 1.75. The molecular weight excluding hydrogens is 194 g/mol. The van der Waals surface area contributed by atoms with Gasteiger partial charge in [-0.2, -0.15) is 0 Å². The SMILES string of the molecule is CCCC1CCC(C2CNCC(C)C2)CC1. The molecule has 1 aliphatic carbocycles. The molecule has 0 aromatic rings. The van der Waals surface area contributed by atoms with E-state index in [0.717, 1.165) is 23.7 Å². The predicted octanol–water partition coefficient (Wildman–Crippen LogP) is 3.84. The summed E-state index contributed by atoms with van der Waals surface area (Å²) in [6.07, 6.45) is 10.4. The van der Waals surface area contributed by atoms with Crippen LogP contribution in [0.4, 0.5) is 0 Å². The van der Waals surface area contributed by atoms with Gasteiger partial charge in [0.25, 0.3) is 0 Å². The fourth-order valence-corrected chi connectivity index (χ4v) is 3.91. The summed E-state index contributed by atoms with van der Waals surface area (Å²) in [6.45, 7) is 7.29. The molecule has 0 aromatic heterocycles. The standard InChI is InChI=1S/C15H29N/c1-3-4-13-5-7-14(8-6-13)15-9-12(2)10-16-11-15/h12-16H,3-11H2,1-2H3. The number of piperidine rings is 1. The van der Waals surface area contributed by atoms with Crippen LogP contribution in [0.25, 0.3) is 0 Å². The Morgan fingerprint density at radius 3 is 2.38 bits per heavy atom. The average molecular weight is 223 g/mol. The quantitative estimate of drug-likeness (QED) is 0.766. The van der Waals surface area contributed by atoms with Crippen molar-refractivity contribution in [3.63, 3.8) is 0 Å². The molecule has 2 rings (SSSR count). The van der Waals surface area contributed by atoms with Crippen LogP contribution < -0.4 is 5.32 Å². The van der Waals surface area contributed by atoms with Gasteiger partial charge >= 0.3 is 0 Å². The van der Waals surface area contributed by atoms with Crippen LogP contribution in [0.3, 0.4) is 0 Å². The minimum atomic E-state index is 0.909. The molecule has 1 saturated heterocycles. The third kappa shape index (κ3) is 3.23. The molecule has 1 heterocycles. The molecule has 2 atom stereocenters. The van der Waals surface area contributed by atoms with E-state index in [2.05, 4.69) is 19.2 Å². The van der Waals surface area contributed by atoms with Crippen LogP contribution in [0.1, 0.15) is 58.8 Å². The molecule has 0 amide bonds. The van der Waals surface area contributed by atoms with Crippen molar-refractivity contribution < 1.29 is 0 Å². The van der Waals surface area contributed by atoms with Gasteiger partial charge < -0.3 is 5.32 Å². The van der Waals surface area contributed by atoms with Crippen LogP contribution in [0.5, 0.6) is 0 Å². The summed E-state index contributed by atoms with van der Waals surface area (Å²) in [5.41, 5.74) is 0. The third-order valence-corrected chi connectivity index (χ3v) is 4.86. The van der Waals surface area contributed by atoms with Crippen LogP contribution in [0.2, 0.25) is 0 Å². The van der Waals surface area contributed by atoms with Gasteiger partial charge in [-0.1, -0.05) is 39.5 Å². The fraction of sp³-hybridized carbons (Fsp3) is 1.00. The zero-order valence-electron chi connectivity index (χ0n) is 11.2. The van der Waals surface area contributed by atoms with E-state index < -0.39 is 0 Å². The van der Waals surface area contributed by atoms with Gasteiger partial charge in [0.15, 0.2) is 0 Å². The molecule has 2 fully saturated rings. The Hall–Kier alpha value is -0.0400. The van der Waals surface area contributed by atoms with Crippen molar-refractivity contribution in [2.75, 3.05) is 13.1 Å². The monoisotopic (exact) mass is 223 g/mol. The molecule has 2 aliphatic rings. The summed E-state index contributed by atoms with van der Waals surface area (Å²) in [5, 5.41) is 3.62. The Labute approximate surface area is 101 Å². The van der Waals surface area contributed by atoms with Crippen LogP contribution >= 0.6 is 0 Å². The summed E-state index contributed by atoms with van der Waals surface area (Å²) in [7, 11) is 0. The molecule has 2 unspecified atom stereocenters. The van der Waals surface area contributed by atoms with E-state index in [-0.39, 0.29) is 0 Å². The van der Waals surface area contributed by atoms with E-state index in [4.69, 9.17) is 0 Å². The molecule has 16 heavy (non-hydrogen) atoms. The van der Waals surface area contributed by atoms with E-state index in [1.807, 2.05) is 0 Å². The normalized spacial score (nSPS) is 40.9. The van der Waals surface area contributed by atoms with Crippen molar-refractivity contribution in [1.29, 1.82) is 0 Å². The van der Waals surface area contributed by atoms with Gasteiger partial charge in [-0.25, -0.2) is 0 Å². The number of hydrogen-bond donors (Lipinski definition) is 1. The van der Waals surface area contributed by atoms with Crippen molar-refractivity contribution >= 4 is 0 Å². The lowest BCUT2D eigenvalue weighted by atomic mass is 9.71. The maximum absolute atomic E-state index is 3.62. The fourth-order valence-electron chi connectivity index (χ4n) is 3.91. The predicted molar refractivity (Wildman–Crippen MR) is 70.5 cm³/mol. The van der Waals surface area contributed by atoms with Gasteiger partial charge in [-0.05, 0) is 56.0 Å². The Morgan fingerprint density at radius 1 is 1.00 bits per heavy atom. The first-order valence-electron chi connectivity index (χ1n) is 7.50. The smallest absolute Gasteiger partial charge is 0.00176 e. The highest BCUT2D eigenvalue weighted by molar-refractivity contribution is 4.83. The van der Waals surface area contributed by atoms with Gasteiger partial charge in [-0.3, -0.25) is 0 Å². The average Bonchev–Trinajstić information content (AvgIpc) is 2.30. The van der Waals surface area contributed by atoms with Gasteiger partial charge in [0.1, 0.15) is 0 Å². The molecule has 94 valence electrons. The second kappa shape index (κ2) is 6.05. The first-order valence-corrected chi connectivity index (χ1v) is 7.50. The maximum atomic E-state index is 3.62. The molecule has 0 aromatic carbocycles. The van der Waals surface area contributed by atoms with Crippen molar-refractivity contribution in [3.05, 3.63) is 0 Å². The van der Waals surface area contributed by atoms with Crippen molar-refractivity contribution in [2.45, 2.75) is 58.8 Å². The molecule has 1 aliphatic heterocycles. The van der Waals surface area contributed by atoms with E-state index in [1.165, 1.54) is 58.0 Å². The lowest BCUT2D eigenvalue weighted by molar-refractivity contribution is 0.153. The highest BCUT2D eigenvalue weighted by Crippen LogP contribution is 2.38. The summed E-state index contributed by atoms with van der Waals surface area (Å²) >= 11 is 0. The summed E-state index contributed by atoms with van der Waals surface area (Å²) in [5.74, 6) is 4.01. The summed E-state index contributed by atoms with van der Waals surface area (Å²) in [4.78, 5) is 0. The van der Waals surface area contributed by atoms with Crippen molar-refractivity contribution in [1.82, 2.24) is 5.32 Å². The molecule has 1 heteroatoms. The largest absolute Gasteiger partial charge is 0.316 e. The first kappa shape index (κ1) is 12.4.